The summed E-state index contributed by atoms with van der Waals surface area (Å²) in [4.78, 5) is 48.3. The van der Waals surface area contributed by atoms with Crippen LogP contribution in [0.5, 0.6) is 0 Å². The van der Waals surface area contributed by atoms with E-state index in [1.54, 1.807) is 54.9 Å². The van der Waals surface area contributed by atoms with Crippen LogP contribution < -0.4 is 29.6 Å². The first-order valence-electron chi connectivity index (χ1n) is 21.5. The van der Waals surface area contributed by atoms with Crippen molar-refractivity contribution in [3.63, 3.8) is 0 Å². The molecule has 69 heavy (non-hydrogen) atoms. The number of hydrogen-bond acceptors (Lipinski definition) is 11. The van der Waals surface area contributed by atoms with Gasteiger partial charge in [-0.1, -0.05) is 84.9 Å². The van der Waals surface area contributed by atoms with Crippen molar-refractivity contribution in [1.82, 2.24) is 19.6 Å². The van der Waals surface area contributed by atoms with Crippen LogP contribution >= 0.6 is 0 Å². The summed E-state index contributed by atoms with van der Waals surface area (Å²) >= 11 is 0. The Hall–Kier alpha value is -6.94. The van der Waals surface area contributed by atoms with Crippen LogP contribution in [0.1, 0.15) is 94.1 Å². The number of nitrogens with zero attached hydrogens (tertiary/aromatic N) is 4. The smallest absolute Gasteiger partial charge is 0.870 e. The molecule has 0 spiro atoms. The molecule has 2 heterocycles. The maximum Gasteiger partial charge on any atom is 1.00 e. The SMILES string of the molecule is CC(C)(C)OC(=O)c1ccccc1-c1ccc(Cn2ncc3cc(C(=O)O)ccc32)cc1.CO.COC(=O)c1ccc2c(cnn2Cc2ccc(-c3ccccc3C(=O)OC(C)(C)C)cc2)c1.[Na+].[OH-]. The van der Waals surface area contributed by atoms with Crippen LogP contribution in [0.25, 0.3) is 44.1 Å². The summed E-state index contributed by atoms with van der Waals surface area (Å²) in [7, 11) is 2.37. The molecule has 0 saturated heterocycles. The summed E-state index contributed by atoms with van der Waals surface area (Å²) in [6.45, 7) is 12.3. The van der Waals surface area contributed by atoms with Gasteiger partial charge in [0.15, 0.2) is 0 Å². The maximum atomic E-state index is 12.7. The van der Waals surface area contributed by atoms with Gasteiger partial charge in [-0.05, 0) is 123 Å². The standard InChI is InChI=1S/C27H26N2O4.C26H24N2O4.CH4O.Na.H2O/c1-27(2,3)33-26(31)23-8-6-5-7-22(23)19-11-9-18(10-12-19)17-29-24-14-13-20(25(30)32-4)15-21(24)16-28-29;1-26(2,3)32-25(31)22-7-5-4-6-21(22)18-10-8-17(9-11-18)16-28-23-13-12-19(24(29)30)14-20(23)15-27-28;1-2;;/h5-16H,17H2,1-4H3;4-15H,16H2,1-3H3,(H,29,30);2H,1H3;;1H2/q;;;+1;/p-1. The Morgan fingerprint density at radius 1 is 0.536 bits per heavy atom. The summed E-state index contributed by atoms with van der Waals surface area (Å²) < 4.78 is 19.6. The summed E-state index contributed by atoms with van der Waals surface area (Å²) in [5.74, 6) is -2.01. The minimum atomic E-state index is -0.957. The van der Waals surface area contributed by atoms with Crippen molar-refractivity contribution in [3.8, 4) is 22.3 Å². The van der Waals surface area contributed by atoms with Gasteiger partial charge in [0.25, 0.3) is 0 Å². The third-order valence-corrected chi connectivity index (χ3v) is 10.2. The van der Waals surface area contributed by atoms with E-state index in [1.165, 1.54) is 7.11 Å². The molecular formula is C54H55N4NaO10. The molecule has 8 rings (SSSR count). The number of methoxy groups -OCH3 is 1. The zero-order chi connectivity index (χ0) is 48.5. The molecule has 0 aliphatic rings. The van der Waals surface area contributed by atoms with Gasteiger partial charge in [0, 0.05) is 17.9 Å². The Labute approximate surface area is 423 Å². The molecule has 0 aliphatic carbocycles. The molecule has 8 aromatic rings. The van der Waals surface area contributed by atoms with Crippen molar-refractivity contribution in [3.05, 3.63) is 179 Å². The molecule has 0 unspecified atom stereocenters. The van der Waals surface area contributed by atoms with Gasteiger partial charge in [0.1, 0.15) is 11.2 Å². The van der Waals surface area contributed by atoms with E-state index in [2.05, 4.69) is 10.2 Å². The Bertz CT molecular complexity index is 3040. The topological polar surface area (TPSA) is 202 Å². The molecular weight excluding hydrogens is 888 g/mol. The normalized spacial score (nSPS) is 10.9. The molecule has 352 valence electrons. The number of carboxylic acid groups (broad SMARTS) is 1. The van der Waals surface area contributed by atoms with Crippen LogP contribution in [-0.4, -0.2) is 84.5 Å². The van der Waals surface area contributed by atoms with Gasteiger partial charge in [-0.25, -0.2) is 19.2 Å². The Morgan fingerprint density at radius 3 is 1.29 bits per heavy atom. The van der Waals surface area contributed by atoms with E-state index in [0.29, 0.717) is 29.8 Å². The van der Waals surface area contributed by atoms with Crippen LogP contribution in [-0.2, 0) is 27.3 Å². The molecule has 0 atom stereocenters. The number of fused-ring (bicyclic) bond motifs is 2. The van der Waals surface area contributed by atoms with Crippen molar-refractivity contribution in [1.29, 1.82) is 0 Å². The van der Waals surface area contributed by atoms with Gasteiger partial charge in [-0.3, -0.25) is 9.36 Å². The van der Waals surface area contributed by atoms with Gasteiger partial charge in [0.2, 0.25) is 0 Å². The molecule has 6 aromatic carbocycles. The number of carbonyl (C=O) groups excluding carboxylic acids is 3. The Balaban J connectivity index is 0.000000282. The fraction of sp³-hybridized carbons (Fsp3) is 0.222. The zero-order valence-corrected chi connectivity index (χ0v) is 42.3. The molecule has 0 fully saturated rings. The minimum Gasteiger partial charge on any atom is -0.870 e. The molecule has 3 N–H and O–H groups in total. The number of aliphatic hydroxyl groups is 1. The van der Waals surface area contributed by atoms with E-state index in [9.17, 15) is 19.2 Å². The molecule has 0 aliphatic heterocycles. The zero-order valence-electron chi connectivity index (χ0n) is 40.3. The molecule has 0 radical (unpaired) electrons. The van der Waals surface area contributed by atoms with E-state index in [1.807, 2.05) is 142 Å². The van der Waals surface area contributed by atoms with Crippen molar-refractivity contribution in [2.45, 2.75) is 65.8 Å². The van der Waals surface area contributed by atoms with E-state index >= 15 is 0 Å². The summed E-state index contributed by atoms with van der Waals surface area (Å²) in [6.07, 6.45) is 3.42. The van der Waals surface area contributed by atoms with Gasteiger partial charge in [0.05, 0.1) is 65.9 Å². The largest absolute Gasteiger partial charge is 1.00 e. The fourth-order valence-corrected chi connectivity index (χ4v) is 7.22. The van der Waals surface area contributed by atoms with Crippen LogP contribution in [0, 0.1) is 0 Å². The quantitative estimate of drug-likeness (QED) is 0.0787. The van der Waals surface area contributed by atoms with Crippen molar-refractivity contribution < 1.29 is 78.6 Å². The minimum absolute atomic E-state index is 0. The number of hydrogen-bond donors (Lipinski definition) is 2. The van der Waals surface area contributed by atoms with E-state index in [0.717, 1.165) is 62.3 Å². The van der Waals surface area contributed by atoms with E-state index in [4.69, 9.17) is 24.4 Å². The second-order valence-corrected chi connectivity index (χ2v) is 17.4. The average molecular weight is 943 g/mol. The summed E-state index contributed by atoms with van der Waals surface area (Å²) in [5, 5.41) is 26.7. The number of ether oxygens (including phenoxy) is 3. The second-order valence-electron chi connectivity index (χ2n) is 17.4. The molecule has 0 saturated carbocycles. The molecule has 0 amide bonds. The van der Waals surface area contributed by atoms with E-state index < -0.39 is 17.2 Å². The molecule has 0 bridgehead atoms. The van der Waals surface area contributed by atoms with Crippen LogP contribution in [0.3, 0.4) is 0 Å². The Kier molecular flexibility index (Phi) is 18.9. The summed E-state index contributed by atoms with van der Waals surface area (Å²) in [5.41, 5.74) is 8.11. The number of aliphatic hydroxyl groups excluding tert-OH is 1. The van der Waals surface area contributed by atoms with Gasteiger partial charge in [-0.2, -0.15) is 10.2 Å². The van der Waals surface area contributed by atoms with Crippen molar-refractivity contribution in [2.75, 3.05) is 14.2 Å². The number of aromatic carboxylic acids is 1. The van der Waals surface area contributed by atoms with Crippen LogP contribution in [0.4, 0.5) is 0 Å². The van der Waals surface area contributed by atoms with Crippen LogP contribution in [0.15, 0.2) is 146 Å². The van der Waals surface area contributed by atoms with Gasteiger partial charge in [-0.15, -0.1) is 0 Å². The number of esters is 3. The first-order chi connectivity index (χ1) is 32.0. The van der Waals surface area contributed by atoms with Crippen LogP contribution in [0.2, 0.25) is 0 Å². The first kappa shape index (κ1) is 54.7. The molecule has 14 nitrogen and oxygen atoms in total. The monoisotopic (exact) mass is 942 g/mol. The van der Waals surface area contributed by atoms with Gasteiger partial charge < -0.3 is 29.9 Å². The van der Waals surface area contributed by atoms with Gasteiger partial charge >= 0.3 is 53.4 Å². The number of aromatic nitrogens is 4. The number of carbonyl (C=O) groups is 4. The maximum absolute atomic E-state index is 12.7. The summed E-state index contributed by atoms with van der Waals surface area (Å²) in [6, 6.07) is 41.3. The average Bonchev–Trinajstić information content (AvgIpc) is 3.91. The predicted molar refractivity (Wildman–Crippen MR) is 260 cm³/mol. The van der Waals surface area contributed by atoms with E-state index in [-0.39, 0.29) is 58.5 Å². The Morgan fingerprint density at radius 2 is 0.913 bits per heavy atom. The fourth-order valence-electron chi connectivity index (χ4n) is 7.22. The molecule has 2 aromatic heterocycles. The second kappa shape index (κ2) is 23.9. The number of rotatable bonds is 10. The first-order valence-corrected chi connectivity index (χ1v) is 21.5. The number of benzene rings is 6. The predicted octanol–water partition coefficient (Wildman–Crippen LogP) is 7.33. The number of carboxylic acids is 1. The third-order valence-electron chi connectivity index (χ3n) is 10.2. The van der Waals surface area contributed by atoms with Crippen molar-refractivity contribution in [2.24, 2.45) is 0 Å². The van der Waals surface area contributed by atoms with Crippen molar-refractivity contribution >= 4 is 45.7 Å². The molecule has 15 heteroatoms. The third kappa shape index (κ3) is 14.1.